The van der Waals surface area contributed by atoms with Crippen LogP contribution < -0.4 is 5.73 Å². The van der Waals surface area contributed by atoms with Crippen molar-refractivity contribution in [3.05, 3.63) is 34.8 Å². The molecule has 0 atom stereocenters. The van der Waals surface area contributed by atoms with Gasteiger partial charge in [-0.15, -0.1) is 23.1 Å². The molecule has 0 aliphatic heterocycles. The van der Waals surface area contributed by atoms with E-state index in [0.717, 1.165) is 39.6 Å². The lowest BCUT2D eigenvalue weighted by atomic mass is 9.72. The van der Waals surface area contributed by atoms with Crippen LogP contribution >= 0.6 is 23.1 Å². The molecule has 23 heavy (non-hydrogen) atoms. The van der Waals surface area contributed by atoms with Gasteiger partial charge in [0.25, 0.3) is 0 Å². The number of benzene rings is 1. The van der Waals surface area contributed by atoms with Gasteiger partial charge in [0, 0.05) is 34.0 Å². The van der Waals surface area contributed by atoms with E-state index in [1.165, 1.54) is 5.56 Å². The van der Waals surface area contributed by atoms with Crippen molar-refractivity contribution in [2.24, 2.45) is 11.1 Å². The number of carbonyl (C=O) groups excluding carboxylic acids is 1. The second kappa shape index (κ2) is 6.75. The van der Waals surface area contributed by atoms with Crippen LogP contribution in [0.15, 0.2) is 28.6 Å². The summed E-state index contributed by atoms with van der Waals surface area (Å²) >= 11 is 3.38. The zero-order valence-corrected chi connectivity index (χ0v) is 15.2. The lowest BCUT2D eigenvalue weighted by Gasteiger charge is -2.32. The molecule has 0 amide bonds. The number of hydrogen-bond acceptors (Lipinski definition) is 5. The van der Waals surface area contributed by atoms with E-state index < -0.39 is 0 Å². The van der Waals surface area contributed by atoms with E-state index in [1.54, 1.807) is 23.1 Å². The van der Waals surface area contributed by atoms with E-state index in [1.807, 2.05) is 11.6 Å². The minimum Gasteiger partial charge on any atom is -0.330 e. The van der Waals surface area contributed by atoms with Crippen molar-refractivity contribution in [1.29, 1.82) is 0 Å². The maximum Gasteiger partial charge on any atom is 0.164 e. The Labute approximate surface area is 145 Å². The van der Waals surface area contributed by atoms with Crippen molar-refractivity contribution >= 4 is 28.9 Å². The number of thioether (sulfide) groups is 1. The van der Waals surface area contributed by atoms with Crippen molar-refractivity contribution < 1.29 is 4.79 Å². The van der Waals surface area contributed by atoms with Crippen LogP contribution in [0.2, 0.25) is 0 Å². The molecule has 122 valence electrons. The predicted octanol–water partition coefficient (Wildman–Crippen LogP) is 4.41. The number of nitrogens with two attached hydrogens (primary N) is 1. The van der Waals surface area contributed by atoms with E-state index in [9.17, 15) is 4.79 Å². The van der Waals surface area contributed by atoms with E-state index in [-0.39, 0.29) is 11.2 Å². The van der Waals surface area contributed by atoms with Gasteiger partial charge in [-0.25, -0.2) is 4.98 Å². The second-order valence-electron chi connectivity index (χ2n) is 6.73. The number of Topliss-reactive ketones (excluding diaryl/α,β-unsaturated/α-hetero) is 1. The fourth-order valence-corrected chi connectivity index (χ4v) is 4.89. The van der Waals surface area contributed by atoms with Crippen molar-refractivity contribution in [1.82, 2.24) is 4.98 Å². The van der Waals surface area contributed by atoms with Gasteiger partial charge in [0.2, 0.25) is 0 Å². The first-order valence-electron chi connectivity index (χ1n) is 7.94. The number of carbonyl (C=O) groups is 1. The van der Waals surface area contributed by atoms with Crippen LogP contribution in [0.4, 0.5) is 0 Å². The Balaban J connectivity index is 2.08. The average Bonchev–Trinajstić information content (AvgIpc) is 3.00. The third-order valence-corrected chi connectivity index (χ3v) is 6.07. The van der Waals surface area contributed by atoms with E-state index in [4.69, 9.17) is 5.73 Å². The van der Waals surface area contributed by atoms with Crippen LogP contribution in [0.5, 0.6) is 0 Å². The smallest absolute Gasteiger partial charge is 0.164 e. The number of rotatable bonds is 5. The molecular formula is C18H22N2OS2. The minimum atomic E-state index is 0.0106. The highest BCUT2D eigenvalue weighted by atomic mass is 32.2. The van der Waals surface area contributed by atoms with Crippen LogP contribution in [-0.2, 0) is 6.42 Å². The largest absolute Gasteiger partial charge is 0.330 e. The molecule has 1 aliphatic carbocycles. The molecule has 0 unspecified atom stereocenters. The van der Waals surface area contributed by atoms with Gasteiger partial charge < -0.3 is 5.73 Å². The Bertz CT molecular complexity index is 708. The average molecular weight is 347 g/mol. The number of fused-ring (bicyclic) bond motifs is 1. The molecule has 5 heteroatoms. The molecule has 0 bridgehead atoms. The van der Waals surface area contributed by atoms with Gasteiger partial charge in [0.15, 0.2) is 5.78 Å². The van der Waals surface area contributed by atoms with Gasteiger partial charge in [-0.05, 0) is 42.2 Å². The Morgan fingerprint density at radius 3 is 2.87 bits per heavy atom. The normalized spacial score (nSPS) is 16.4. The van der Waals surface area contributed by atoms with Gasteiger partial charge in [-0.1, -0.05) is 19.9 Å². The maximum absolute atomic E-state index is 12.8. The number of ketones is 1. The SMILES string of the molecule is CC1(C)CC(=O)c2c(SCCCN)ccc(-c3nccs3)c2C1. The highest BCUT2D eigenvalue weighted by molar-refractivity contribution is 7.99. The molecule has 2 aromatic rings. The monoisotopic (exact) mass is 346 g/mol. The van der Waals surface area contributed by atoms with Crippen molar-refractivity contribution in [3.63, 3.8) is 0 Å². The molecular weight excluding hydrogens is 324 g/mol. The summed E-state index contributed by atoms with van der Waals surface area (Å²) in [5.41, 5.74) is 8.84. The van der Waals surface area contributed by atoms with Crippen LogP contribution in [0.3, 0.4) is 0 Å². The highest BCUT2D eigenvalue weighted by Crippen LogP contribution is 2.43. The summed E-state index contributed by atoms with van der Waals surface area (Å²) in [6.45, 7) is 5.04. The van der Waals surface area contributed by atoms with Crippen molar-refractivity contribution in [2.45, 2.75) is 38.0 Å². The van der Waals surface area contributed by atoms with Crippen LogP contribution in [0.25, 0.3) is 10.6 Å². The van der Waals surface area contributed by atoms with Gasteiger partial charge >= 0.3 is 0 Å². The number of hydrogen-bond donors (Lipinski definition) is 1. The standard InChI is InChI=1S/C18H22N2OS2/c1-18(2)10-13-12(17-20-7-9-23-17)4-5-15(22-8-3-6-19)16(13)14(21)11-18/h4-5,7,9H,3,6,8,10-11,19H2,1-2H3. The topological polar surface area (TPSA) is 56.0 Å². The summed E-state index contributed by atoms with van der Waals surface area (Å²) in [6, 6.07) is 4.23. The van der Waals surface area contributed by atoms with Crippen molar-refractivity contribution in [3.8, 4) is 10.6 Å². The molecule has 1 aliphatic rings. The Hall–Kier alpha value is -1.17. The van der Waals surface area contributed by atoms with Gasteiger partial charge in [0.05, 0.1) is 0 Å². The molecule has 0 radical (unpaired) electrons. The zero-order valence-electron chi connectivity index (χ0n) is 13.6. The lowest BCUT2D eigenvalue weighted by molar-refractivity contribution is 0.0909. The fourth-order valence-electron chi connectivity index (χ4n) is 3.12. The summed E-state index contributed by atoms with van der Waals surface area (Å²) < 4.78 is 0. The molecule has 0 saturated carbocycles. The van der Waals surface area contributed by atoms with Crippen LogP contribution in [0, 0.1) is 5.41 Å². The minimum absolute atomic E-state index is 0.0106. The van der Waals surface area contributed by atoms with Crippen LogP contribution in [-0.4, -0.2) is 23.1 Å². The maximum atomic E-state index is 12.8. The third kappa shape index (κ3) is 3.52. The molecule has 3 nitrogen and oxygen atoms in total. The fraction of sp³-hybridized carbons (Fsp3) is 0.444. The summed E-state index contributed by atoms with van der Waals surface area (Å²) in [6.07, 6.45) is 4.33. The predicted molar refractivity (Wildman–Crippen MR) is 98.4 cm³/mol. The molecule has 1 aromatic carbocycles. The Kier molecular flexibility index (Phi) is 4.90. The van der Waals surface area contributed by atoms with E-state index in [0.29, 0.717) is 13.0 Å². The Morgan fingerprint density at radius 1 is 1.35 bits per heavy atom. The van der Waals surface area contributed by atoms with Gasteiger partial charge in [-0.2, -0.15) is 0 Å². The summed E-state index contributed by atoms with van der Waals surface area (Å²) in [7, 11) is 0. The molecule has 1 heterocycles. The lowest BCUT2D eigenvalue weighted by Crippen LogP contribution is -2.28. The number of nitrogens with zero attached hydrogens (tertiary/aromatic N) is 1. The summed E-state index contributed by atoms with van der Waals surface area (Å²) in [5.74, 6) is 1.22. The molecule has 0 fully saturated rings. The van der Waals surface area contributed by atoms with E-state index in [2.05, 4.69) is 31.0 Å². The molecule has 3 rings (SSSR count). The number of aromatic nitrogens is 1. The summed E-state index contributed by atoms with van der Waals surface area (Å²) in [5, 5.41) is 2.99. The molecule has 0 spiro atoms. The molecule has 2 N–H and O–H groups in total. The van der Waals surface area contributed by atoms with Crippen molar-refractivity contribution in [2.75, 3.05) is 12.3 Å². The van der Waals surface area contributed by atoms with E-state index >= 15 is 0 Å². The molecule has 1 aromatic heterocycles. The highest BCUT2D eigenvalue weighted by Gasteiger charge is 2.34. The first-order valence-corrected chi connectivity index (χ1v) is 9.80. The molecule has 0 saturated heterocycles. The van der Waals surface area contributed by atoms with Gasteiger partial charge in [-0.3, -0.25) is 4.79 Å². The third-order valence-electron chi connectivity index (χ3n) is 4.12. The quantitative estimate of drug-likeness (QED) is 0.644. The van der Waals surface area contributed by atoms with Crippen LogP contribution in [0.1, 0.15) is 42.6 Å². The Morgan fingerprint density at radius 2 is 2.17 bits per heavy atom. The zero-order chi connectivity index (χ0) is 16.4. The van der Waals surface area contributed by atoms with Gasteiger partial charge in [0.1, 0.15) is 5.01 Å². The summed E-state index contributed by atoms with van der Waals surface area (Å²) in [4.78, 5) is 18.4. The first kappa shape index (κ1) is 16.7. The number of thiazole rings is 1. The second-order valence-corrected chi connectivity index (χ2v) is 8.77. The first-order chi connectivity index (χ1) is 11.0.